The molecule has 5 heteroatoms. The van der Waals surface area contributed by atoms with Gasteiger partial charge in [0.25, 0.3) is 0 Å². The lowest BCUT2D eigenvalue weighted by Gasteiger charge is -2.34. The Bertz CT molecular complexity index is 102. The van der Waals surface area contributed by atoms with E-state index in [1.54, 1.807) is 0 Å². The maximum Gasteiger partial charge on any atom is 0.230 e. The van der Waals surface area contributed by atoms with Gasteiger partial charge in [0.1, 0.15) is 8.24 Å². The molecule has 0 aromatic carbocycles. The van der Waals surface area contributed by atoms with Crippen molar-refractivity contribution < 1.29 is 0 Å². The van der Waals surface area contributed by atoms with Crippen LogP contribution in [0.25, 0.3) is 0 Å². The fraction of sp³-hybridized carbons (Fsp3) is 1.00. The van der Waals surface area contributed by atoms with Crippen LogP contribution in [0.5, 0.6) is 0 Å². The molecule has 0 saturated heterocycles. The molecule has 0 fully saturated rings. The van der Waals surface area contributed by atoms with Gasteiger partial charge in [0.05, 0.1) is 0 Å². The first-order valence-electron chi connectivity index (χ1n) is 3.31. The maximum atomic E-state index is 6.14. The van der Waals surface area contributed by atoms with E-state index in [-0.39, 0.29) is 0 Å². The highest BCUT2D eigenvalue weighted by atomic mass is 35.6. The SMILES string of the molecule is C[Si](C)(C)N(Cl)[Si](C)(C)Cl. The van der Waals surface area contributed by atoms with E-state index in [1.165, 1.54) is 0 Å². The van der Waals surface area contributed by atoms with Crippen LogP contribution in [0.3, 0.4) is 0 Å². The lowest BCUT2D eigenvalue weighted by atomic mass is 11.8. The molecule has 0 atom stereocenters. The van der Waals surface area contributed by atoms with Crippen molar-refractivity contribution in [2.45, 2.75) is 32.7 Å². The molecule has 0 spiro atoms. The molecule has 0 aliphatic carbocycles. The van der Waals surface area contributed by atoms with Gasteiger partial charge in [-0.15, -0.1) is 11.1 Å². The smallest absolute Gasteiger partial charge is 0.230 e. The molecular weight excluding hydrogens is 201 g/mol. The Kier molecular flexibility index (Phi) is 3.45. The summed E-state index contributed by atoms with van der Waals surface area (Å²) in [6.07, 6.45) is 0. The number of nitrogens with zero attached hydrogens (tertiary/aromatic N) is 1. The summed E-state index contributed by atoms with van der Waals surface area (Å²) in [6, 6.07) is 0. The van der Waals surface area contributed by atoms with Crippen molar-refractivity contribution in [1.29, 1.82) is 0 Å². The summed E-state index contributed by atoms with van der Waals surface area (Å²) >= 11 is 12.2. The Morgan fingerprint density at radius 3 is 1.30 bits per heavy atom. The molecule has 1 nitrogen and oxygen atoms in total. The molecule has 10 heavy (non-hydrogen) atoms. The Balaban J connectivity index is 4.23. The molecule has 0 aliphatic heterocycles. The summed E-state index contributed by atoms with van der Waals surface area (Å²) in [5.41, 5.74) is 0. The van der Waals surface area contributed by atoms with Crippen molar-refractivity contribution in [1.82, 2.24) is 3.75 Å². The third-order valence-electron chi connectivity index (χ3n) is 1.06. The number of halogens is 2. The van der Waals surface area contributed by atoms with Gasteiger partial charge in [-0.1, -0.05) is 19.6 Å². The molecule has 62 valence electrons. The van der Waals surface area contributed by atoms with Gasteiger partial charge in [-0.25, -0.2) is 3.75 Å². The van der Waals surface area contributed by atoms with Gasteiger partial charge >= 0.3 is 0 Å². The van der Waals surface area contributed by atoms with E-state index in [4.69, 9.17) is 22.9 Å². The summed E-state index contributed by atoms with van der Waals surface area (Å²) in [5, 5.41) is 0. The van der Waals surface area contributed by atoms with Crippen LogP contribution in [0.2, 0.25) is 32.7 Å². The van der Waals surface area contributed by atoms with Gasteiger partial charge in [0.2, 0.25) is 7.55 Å². The van der Waals surface area contributed by atoms with E-state index >= 15 is 0 Å². The molecule has 0 aromatic heterocycles. The molecule has 0 rings (SSSR count). The standard InChI is InChI=1S/C5H15Cl2NSi2/c1-9(2,3)8(6)10(4,5)7/h1-5H3. The third kappa shape index (κ3) is 3.39. The molecule has 0 radical (unpaired) electrons. The number of hydrogen-bond donors (Lipinski definition) is 0. The minimum atomic E-state index is -1.76. The van der Waals surface area contributed by atoms with Crippen LogP contribution in [0.1, 0.15) is 0 Å². The van der Waals surface area contributed by atoms with Crippen molar-refractivity contribution in [2.75, 3.05) is 0 Å². The Morgan fingerprint density at radius 1 is 1.00 bits per heavy atom. The highest BCUT2D eigenvalue weighted by molar-refractivity contribution is 7.22. The van der Waals surface area contributed by atoms with Crippen molar-refractivity contribution in [2.24, 2.45) is 0 Å². The van der Waals surface area contributed by atoms with Crippen LogP contribution >= 0.6 is 22.9 Å². The molecule has 0 unspecified atom stereocenters. The zero-order valence-electron chi connectivity index (χ0n) is 7.20. The van der Waals surface area contributed by atoms with E-state index in [2.05, 4.69) is 19.6 Å². The van der Waals surface area contributed by atoms with Crippen molar-refractivity contribution in [3.05, 3.63) is 0 Å². The zero-order chi connectivity index (χ0) is 8.58. The largest absolute Gasteiger partial charge is 0.249 e. The summed E-state index contributed by atoms with van der Waals surface area (Å²) in [4.78, 5) is 0. The first kappa shape index (κ1) is 11.0. The molecule has 0 aliphatic rings. The lowest BCUT2D eigenvalue weighted by molar-refractivity contribution is 1.00. The number of rotatable bonds is 2. The van der Waals surface area contributed by atoms with Crippen LogP contribution in [0, 0.1) is 0 Å². The van der Waals surface area contributed by atoms with Crippen LogP contribution in [0.15, 0.2) is 0 Å². The molecule has 0 aromatic rings. The van der Waals surface area contributed by atoms with E-state index in [1.807, 2.05) is 16.8 Å². The fourth-order valence-corrected chi connectivity index (χ4v) is 9.46. The molecule has 0 amide bonds. The van der Waals surface area contributed by atoms with Gasteiger partial charge in [-0.3, -0.25) is 0 Å². The zero-order valence-corrected chi connectivity index (χ0v) is 10.7. The van der Waals surface area contributed by atoms with Gasteiger partial charge in [0, 0.05) is 0 Å². The molecule has 0 heterocycles. The monoisotopic (exact) mass is 215 g/mol. The average Bonchev–Trinajstić information content (AvgIpc) is 1.59. The number of hydrogen-bond acceptors (Lipinski definition) is 1. The fourth-order valence-electron chi connectivity index (χ4n) is 0.798. The second-order valence-electron chi connectivity index (χ2n) is 3.86. The van der Waals surface area contributed by atoms with E-state index in [9.17, 15) is 0 Å². The summed E-state index contributed by atoms with van der Waals surface area (Å²) < 4.78 is 1.89. The first-order valence-corrected chi connectivity index (χ1v) is 11.0. The van der Waals surface area contributed by atoms with E-state index in [0.717, 1.165) is 0 Å². The highest BCUT2D eigenvalue weighted by Crippen LogP contribution is 2.24. The minimum absolute atomic E-state index is 1.37. The van der Waals surface area contributed by atoms with Crippen LogP contribution in [0.4, 0.5) is 0 Å². The molecule has 0 N–H and O–H groups in total. The second-order valence-corrected chi connectivity index (χ2v) is 16.0. The average molecular weight is 216 g/mol. The van der Waals surface area contributed by atoms with Gasteiger partial charge < -0.3 is 0 Å². The predicted molar refractivity (Wildman–Crippen MR) is 54.4 cm³/mol. The summed E-state index contributed by atoms with van der Waals surface area (Å²) in [5.74, 6) is 0. The van der Waals surface area contributed by atoms with Crippen molar-refractivity contribution >= 4 is 38.6 Å². The van der Waals surface area contributed by atoms with E-state index in [0.29, 0.717) is 0 Å². The van der Waals surface area contributed by atoms with Crippen LogP contribution < -0.4 is 0 Å². The maximum absolute atomic E-state index is 6.14. The Labute approximate surface area is 75.3 Å². The topological polar surface area (TPSA) is 3.24 Å². The minimum Gasteiger partial charge on any atom is -0.249 e. The highest BCUT2D eigenvalue weighted by Gasteiger charge is 2.35. The van der Waals surface area contributed by atoms with Crippen LogP contribution in [-0.4, -0.2) is 19.5 Å². The molecule has 0 bridgehead atoms. The van der Waals surface area contributed by atoms with Crippen molar-refractivity contribution in [3.63, 3.8) is 0 Å². The normalized spacial score (nSPS) is 14.4. The quantitative estimate of drug-likeness (QED) is 0.389. The van der Waals surface area contributed by atoms with Crippen LogP contribution in [-0.2, 0) is 0 Å². The van der Waals surface area contributed by atoms with Gasteiger partial charge in [-0.05, 0) is 24.9 Å². The second kappa shape index (κ2) is 3.15. The third-order valence-corrected chi connectivity index (χ3v) is 10.8. The predicted octanol–water partition coefficient (Wildman–Crippen LogP) is 3.22. The summed E-state index contributed by atoms with van der Waals surface area (Å²) in [7, 11) is -3.13. The van der Waals surface area contributed by atoms with Gasteiger partial charge in [0.15, 0.2) is 0 Å². The molecular formula is C5H15Cl2NSi2. The molecule has 0 saturated carbocycles. The van der Waals surface area contributed by atoms with Crippen molar-refractivity contribution in [3.8, 4) is 0 Å². The van der Waals surface area contributed by atoms with Gasteiger partial charge in [-0.2, -0.15) is 0 Å². The lowest BCUT2D eigenvalue weighted by Crippen LogP contribution is -2.51. The Hall–Kier alpha value is 0.974. The summed E-state index contributed by atoms with van der Waals surface area (Å²) in [6.45, 7) is 10.7. The Morgan fingerprint density at radius 2 is 1.30 bits per heavy atom. The first-order chi connectivity index (χ1) is 4.15. The van der Waals surface area contributed by atoms with E-state index < -0.39 is 15.8 Å².